The largest absolute Gasteiger partial charge is 0.444 e. The summed E-state index contributed by atoms with van der Waals surface area (Å²) in [6, 6.07) is 7.15. The van der Waals surface area contributed by atoms with Gasteiger partial charge in [0.1, 0.15) is 5.60 Å². The van der Waals surface area contributed by atoms with Crippen molar-refractivity contribution in [3.63, 3.8) is 0 Å². The highest BCUT2D eigenvalue weighted by molar-refractivity contribution is 9.10. The van der Waals surface area contributed by atoms with Crippen molar-refractivity contribution < 1.29 is 14.3 Å². The zero-order chi connectivity index (χ0) is 16.3. The minimum absolute atomic E-state index is 0.0383. The molecule has 22 heavy (non-hydrogen) atoms. The molecule has 2 rings (SSSR count). The molecule has 1 heterocycles. The summed E-state index contributed by atoms with van der Waals surface area (Å²) in [7, 11) is 0. The molecule has 0 spiro atoms. The molecule has 120 valence electrons. The summed E-state index contributed by atoms with van der Waals surface area (Å²) in [5, 5.41) is 2.96. The molecule has 1 unspecified atom stereocenters. The van der Waals surface area contributed by atoms with E-state index in [1.165, 1.54) is 0 Å². The van der Waals surface area contributed by atoms with Gasteiger partial charge in [0, 0.05) is 29.2 Å². The Hall–Kier alpha value is -1.56. The van der Waals surface area contributed by atoms with Gasteiger partial charge in [-0.25, -0.2) is 4.79 Å². The molecule has 0 radical (unpaired) electrons. The normalized spacial score (nSPS) is 18.2. The smallest absolute Gasteiger partial charge is 0.410 e. The summed E-state index contributed by atoms with van der Waals surface area (Å²) < 4.78 is 6.27. The third kappa shape index (κ3) is 4.73. The second-order valence-corrected chi connectivity index (χ2v) is 7.31. The first-order valence-electron chi connectivity index (χ1n) is 7.29. The summed E-state index contributed by atoms with van der Waals surface area (Å²) in [6.07, 6.45) is 0.412. The van der Waals surface area contributed by atoms with Crippen LogP contribution in [0.5, 0.6) is 0 Å². The number of carbonyl (C=O) groups excluding carboxylic acids is 2. The number of carbonyl (C=O) groups is 2. The Kier molecular flexibility index (Phi) is 5.11. The SMILES string of the molecule is CC(C)(C)OC(=O)N1CCC(NC(=O)c2ccc(Br)cc2)C1. The maximum Gasteiger partial charge on any atom is 0.410 e. The van der Waals surface area contributed by atoms with Crippen LogP contribution in [0.1, 0.15) is 37.6 Å². The lowest BCUT2D eigenvalue weighted by atomic mass is 10.2. The average molecular weight is 369 g/mol. The molecule has 0 aromatic heterocycles. The highest BCUT2D eigenvalue weighted by Crippen LogP contribution is 2.16. The molecule has 0 aliphatic carbocycles. The maximum absolute atomic E-state index is 12.2. The van der Waals surface area contributed by atoms with Crippen LogP contribution >= 0.6 is 15.9 Å². The van der Waals surface area contributed by atoms with Gasteiger partial charge in [0.15, 0.2) is 0 Å². The Labute approximate surface area is 139 Å². The first-order valence-corrected chi connectivity index (χ1v) is 8.08. The standard InChI is InChI=1S/C16H21BrN2O3/c1-16(2,3)22-15(21)19-9-8-13(10-19)18-14(20)11-4-6-12(17)7-5-11/h4-7,13H,8-10H2,1-3H3,(H,18,20). The van der Waals surface area contributed by atoms with Crippen molar-refractivity contribution in [1.29, 1.82) is 0 Å². The van der Waals surface area contributed by atoms with Gasteiger partial charge >= 0.3 is 6.09 Å². The van der Waals surface area contributed by atoms with E-state index in [9.17, 15) is 9.59 Å². The van der Waals surface area contributed by atoms with Gasteiger partial charge in [-0.1, -0.05) is 15.9 Å². The summed E-state index contributed by atoms with van der Waals surface area (Å²) >= 11 is 3.34. The third-order valence-electron chi connectivity index (χ3n) is 3.28. The van der Waals surface area contributed by atoms with E-state index in [0.29, 0.717) is 18.7 Å². The van der Waals surface area contributed by atoms with Gasteiger partial charge in [0.25, 0.3) is 5.91 Å². The van der Waals surface area contributed by atoms with Gasteiger partial charge in [-0.15, -0.1) is 0 Å². The fraction of sp³-hybridized carbons (Fsp3) is 0.500. The Morgan fingerprint density at radius 1 is 1.27 bits per heavy atom. The first kappa shape index (κ1) is 16.8. The van der Waals surface area contributed by atoms with E-state index < -0.39 is 5.60 Å². The number of ether oxygens (including phenoxy) is 1. The molecule has 0 bridgehead atoms. The van der Waals surface area contributed by atoms with Gasteiger partial charge < -0.3 is 15.0 Å². The van der Waals surface area contributed by atoms with E-state index in [2.05, 4.69) is 21.2 Å². The molecule has 1 fully saturated rings. The topological polar surface area (TPSA) is 58.6 Å². The Morgan fingerprint density at radius 2 is 1.91 bits per heavy atom. The Morgan fingerprint density at radius 3 is 2.50 bits per heavy atom. The molecular formula is C16H21BrN2O3. The molecule has 1 aliphatic heterocycles. The van der Waals surface area contributed by atoms with Crippen molar-refractivity contribution in [2.75, 3.05) is 13.1 Å². The monoisotopic (exact) mass is 368 g/mol. The lowest BCUT2D eigenvalue weighted by Gasteiger charge is -2.24. The minimum atomic E-state index is -0.504. The summed E-state index contributed by atoms with van der Waals surface area (Å²) in [4.78, 5) is 25.8. The zero-order valence-electron chi connectivity index (χ0n) is 13.1. The molecule has 0 saturated carbocycles. The van der Waals surface area contributed by atoms with Crippen molar-refractivity contribution in [2.24, 2.45) is 0 Å². The van der Waals surface area contributed by atoms with Crippen LogP contribution in [0.3, 0.4) is 0 Å². The highest BCUT2D eigenvalue weighted by Gasteiger charge is 2.30. The average Bonchev–Trinajstić information content (AvgIpc) is 2.86. The van der Waals surface area contributed by atoms with Gasteiger partial charge in [-0.3, -0.25) is 4.79 Å². The molecule has 1 N–H and O–H groups in total. The predicted molar refractivity (Wildman–Crippen MR) is 87.8 cm³/mol. The maximum atomic E-state index is 12.2. The van der Waals surface area contributed by atoms with Crippen LogP contribution in [0.15, 0.2) is 28.7 Å². The van der Waals surface area contributed by atoms with E-state index >= 15 is 0 Å². The van der Waals surface area contributed by atoms with E-state index in [1.54, 1.807) is 17.0 Å². The summed E-state index contributed by atoms with van der Waals surface area (Å²) in [5.41, 5.74) is 0.106. The Balaban J connectivity index is 1.87. The van der Waals surface area contributed by atoms with Gasteiger partial charge in [0.05, 0.1) is 0 Å². The van der Waals surface area contributed by atoms with Gasteiger partial charge in [-0.05, 0) is 51.5 Å². The fourth-order valence-corrected chi connectivity index (χ4v) is 2.50. The van der Waals surface area contributed by atoms with Crippen molar-refractivity contribution in [3.8, 4) is 0 Å². The number of amides is 2. The fourth-order valence-electron chi connectivity index (χ4n) is 2.24. The number of likely N-dealkylation sites (tertiary alicyclic amines) is 1. The molecule has 2 amide bonds. The Bertz CT molecular complexity index is 552. The zero-order valence-corrected chi connectivity index (χ0v) is 14.6. The summed E-state index contributed by atoms with van der Waals surface area (Å²) in [6.45, 7) is 6.60. The van der Waals surface area contributed by atoms with Crippen molar-refractivity contribution in [2.45, 2.75) is 38.8 Å². The number of hydrogen-bond donors (Lipinski definition) is 1. The van der Waals surface area contributed by atoms with E-state index in [-0.39, 0.29) is 18.0 Å². The van der Waals surface area contributed by atoms with Crippen LogP contribution in [0, 0.1) is 0 Å². The van der Waals surface area contributed by atoms with Gasteiger partial charge in [0.2, 0.25) is 0 Å². The number of hydrogen-bond acceptors (Lipinski definition) is 3. The van der Waals surface area contributed by atoms with E-state index in [1.807, 2.05) is 32.9 Å². The molecule has 1 atom stereocenters. The molecule has 1 aromatic rings. The van der Waals surface area contributed by atoms with E-state index in [0.717, 1.165) is 10.9 Å². The minimum Gasteiger partial charge on any atom is -0.444 e. The van der Waals surface area contributed by atoms with Crippen molar-refractivity contribution in [3.05, 3.63) is 34.3 Å². The molecule has 1 aliphatic rings. The van der Waals surface area contributed by atoms with Crippen LogP contribution in [0.25, 0.3) is 0 Å². The molecule has 5 nitrogen and oxygen atoms in total. The van der Waals surface area contributed by atoms with Crippen LogP contribution in [-0.4, -0.2) is 41.6 Å². The molecular weight excluding hydrogens is 348 g/mol. The van der Waals surface area contributed by atoms with Crippen LogP contribution < -0.4 is 5.32 Å². The van der Waals surface area contributed by atoms with Crippen LogP contribution in [0.4, 0.5) is 4.79 Å². The second kappa shape index (κ2) is 6.69. The number of halogens is 1. The van der Waals surface area contributed by atoms with Gasteiger partial charge in [-0.2, -0.15) is 0 Å². The quantitative estimate of drug-likeness (QED) is 0.871. The third-order valence-corrected chi connectivity index (χ3v) is 3.81. The lowest BCUT2D eigenvalue weighted by Crippen LogP contribution is -2.40. The molecule has 1 aromatic carbocycles. The van der Waals surface area contributed by atoms with E-state index in [4.69, 9.17) is 4.74 Å². The van der Waals surface area contributed by atoms with Crippen LogP contribution in [0.2, 0.25) is 0 Å². The number of nitrogens with one attached hydrogen (secondary N) is 1. The van der Waals surface area contributed by atoms with Crippen LogP contribution in [-0.2, 0) is 4.74 Å². The highest BCUT2D eigenvalue weighted by atomic mass is 79.9. The number of nitrogens with zero attached hydrogens (tertiary/aromatic N) is 1. The lowest BCUT2D eigenvalue weighted by molar-refractivity contribution is 0.0290. The van der Waals surface area contributed by atoms with Crippen molar-refractivity contribution >= 4 is 27.9 Å². The molecule has 6 heteroatoms. The number of benzene rings is 1. The number of rotatable bonds is 2. The first-order chi connectivity index (χ1) is 10.2. The summed E-state index contributed by atoms with van der Waals surface area (Å²) in [5.74, 6) is -0.122. The second-order valence-electron chi connectivity index (χ2n) is 6.39. The predicted octanol–water partition coefficient (Wildman–Crippen LogP) is 3.19. The van der Waals surface area contributed by atoms with Crippen molar-refractivity contribution in [1.82, 2.24) is 10.2 Å². The molecule has 1 saturated heterocycles.